The first-order valence-electron chi connectivity index (χ1n) is 1.22. The van der Waals surface area contributed by atoms with Crippen molar-refractivity contribution >= 4 is 0 Å². The summed E-state index contributed by atoms with van der Waals surface area (Å²) in [5.41, 5.74) is 0. The smallest absolute Gasteiger partial charge is 0 e. The molecule has 0 aromatic rings. The zero-order chi connectivity index (χ0) is 6.71. The van der Waals surface area contributed by atoms with Crippen LogP contribution in [0.15, 0.2) is 12.7 Å². The van der Waals surface area contributed by atoms with Gasteiger partial charge in [-0.2, -0.15) is 0 Å². The molecule has 0 N–H and O–H groups in total. The van der Waals surface area contributed by atoms with Gasteiger partial charge in [0, 0.05) is 19.5 Å². The van der Waals surface area contributed by atoms with Gasteiger partial charge in [-0.1, -0.05) is 6.08 Å². The van der Waals surface area contributed by atoms with Crippen LogP contribution in [0.1, 0.15) is 0 Å². The van der Waals surface area contributed by atoms with Crippen LogP contribution in [0.25, 0.3) is 0 Å². The van der Waals surface area contributed by atoms with Gasteiger partial charge in [0.25, 0.3) is 0 Å². The van der Waals surface area contributed by atoms with Gasteiger partial charge >= 0.3 is 22.6 Å². The van der Waals surface area contributed by atoms with E-state index in [1.54, 1.807) is 0 Å². The molecule has 0 aliphatic heterocycles. The third-order valence-corrected chi connectivity index (χ3v) is 0. The molecule has 3 heteroatoms. The average Bonchev–Trinajstić information content (AvgIpc) is 1.78. The van der Waals surface area contributed by atoms with Crippen LogP contribution in [0, 0.1) is 20.2 Å². The van der Waals surface area contributed by atoms with Crippen LogP contribution in [-0.2, 0) is 28.8 Å². The van der Waals surface area contributed by atoms with E-state index in [1.807, 2.05) is 0 Å². The molecule has 8 heavy (non-hydrogen) atoms. The summed E-state index contributed by atoms with van der Waals surface area (Å²) in [5.74, 6) is 0. The van der Waals surface area contributed by atoms with Gasteiger partial charge < -0.3 is 0 Å². The molecular weight excluding hydrogens is 195 g/mol. The molecule has 0 unspecified atom stereocenters. The zero-order valence-electron chi connectivity index (χ0n) is 4.14. The molecule has 0 atom stereocenters. The van der Waals surface area contributed by atoms with Crippen molar-refractivity contribution < 1.29 is 28.8 Å². The summed E-state index contributed by atoms with van der Waals surface area (Å²) >= 11 is 0. The predicted octanol–water partition coefficient (Wildman–Crippen LogP) is 0.929. The molecule has 2 radical (unpaired) electrons. The molecule has 0 saturated heterocycles. The van der Waals surface area contributed by atoms with Crippen molar-refractivity contribution in [2.24, 2.45) is 0 Å². The Balaban J connectivity index is -0.0000000147. The van der Waals surface area contributed by atoms with Crippen molar-refractivity contribution in [3.8, 4) is 0 Å². The average molecular weight is 200 g/mol. The second kappa shape index (κ2) is 329. The third-order valence-electron chi connectivity index (χ3n) is 0. The van der Waals surface area contributed by atoms with Crippen LogP contribution >= 0.6 is 0 Å². The fraction of sp³-hybridized carbons (Fsp3) is 0. The van der Waals surface area contributed by atoms with Crippen LogP contribution in [0.2, 0.25) is 0 Å². The molecule has 0 bridgehead atoms. The van der Waals surface area contributed by atoms with Crippen molar-refractivity contribution in [1.82, 2.24) is 0 Å². The zero-order valence-corrected chi connectivity index (χ0v) is 5.78. The van der Waals surface area contributed by atoms with Crippen molar-refractivity contribution in [3.05, 3.63) is 32.9 Å². The van der Waals surface area contributed by atoms with E-state index in [1.165, 1.54) is 6.08 Å². The minimum Gasteiger partial charge on any atom is -0.103 e. The van der Waals surface area contributed by atoms with E-state index in [0.29, 0.717) is 0 Å². The Hall–Kier alpha value is -0.157. The Morgan fingerprint density at radius 1 is 1.12 bits per heavy atom. The molecule has 0 aromatic carbocycles. The van der Waals surface area contributed by atoms with E-state index < -0.39 is 0 Å². The molecule has 0 saturated carbocycles. The van der Waals surface area contributed by atoms with Gasteiger partial charge in [-0.25, -0.2) is 0 Å². The summed E-state index contributed by atoms with van der Waals surface area (Å²) < 4.78 is 15.0. The van der Waals surface area contributed by atoms with E-state index in [2.05, 4.69) is 26.8 Å². The monoisotopic (exact) mass is 200 g/mol. The fourth-order valence-electron chi connectivity index (χ4n) is 0. The predicted molar refractivity (Wildman–Crippen MR) is 23.4 cm³/mol. The fourth-order valence-corrected chi connectivity index (χ4v) is 0. The maximum atomic E-state index is 7.50. The van der Waals surface area contributed by atoms with E-state index in [0.717, 1.165) is 0 Å². The molecule has 0 heterocycles. The second-order valence-corrected chi connectivity index (χ2v) is 0.289. The number of hydrogen-bond acceptors (Lipinski definition) is 0. The molecule has 0 aromatic heterocycles. The summed E-state index contributed by atoms with van der Waals surface area (Å²) in [7, 11) is 0. The molecule has 0 aliphatic rings. The Kier molecular flexibility index (Phi) is 1020. The minimum atomic E-state index is 0. The van der Waals surface area contributed by atoms with Crippen molar-refractivity contribution in [1.29, 1.82) is 0 Å². The van der Waals surface area contributed by atoms with Crippen LogP contribution in [0.4, 0.5) is 0 Å². The normalized spacial score (nSPS) is 2.12. The van der Waals surface area contributed by atoms with Gasteiger partial charge in [0.2, 0.25) is 0 Å². The van der Waals surface area contributed by atoms with Crippen LogP contribution in [-0.4, -0.2) is 0 Å². The van der Waals surface area contributed by atoms with E-state index in [-0.39, 0.29) is 19.5 Å². The van der Waals surface area contributed by atoms with Gasteiger partial charge in [-0.3, -0.25) is 0 Å². The molecule has 0 spiro atoms. The Labute approximate surface area is 62.2 Å². The summed E-state index contributed by atoms with van der Waals surface area (Å²) in [6, 6.07) is 0. The maximum Gasteiger partial charge on any atom is 0 e. The standard InChI is InChI=1S/C3H5.2CO.Rh/c1-3-2;2*1-2;/h3H,1-2H2;;;. The van der Waals surface area contributed by atoms with E-state index >= 15 is 0 Å². The SMILES string of the molecule is [C-]#[O+].[C-]#[O+].[CH2]C=C.[Rh]. The summed E-state index contributed by atoms with van der Waals surface area (Å²) in [6.07, 6.45) is 1.50. The van der Waals surface area contributed by atoms with Gasteiger partial charge in [0.05, 0.1) is 0 Å². The molecule has 0 rings (SSSR count). The summed E-state index contributed by atoms with van der Waals surface area (Å²) in [6.45, 7) is 15.5. The van der Waals surface area contributed by atoms with E-state index in [9.17, 15) is 0 Å². The van der Waals surface area contributed by atoms with Crippen molar-refractivity contribution in [2.45, 2.75) is 0 Å². The van der Waals surface area contributed by atoms with Crippen LogP contribution < -0.4 is 0 Å². The van der Waals surface area contributed by atoms with Crippen LogP contribution in [0.5, 0.6) is 0 Å². The first kappa shape index (κ1) is 24.9. The van der Waals surface area contributed by atoms with Crippen molar-refractivity contribution in [2.75, 3.05) is 0 Å². The summed E-state index contributed by atoms with van der Waals surface area (Å²) in [4.78, 5) is 0. The van der Waals surface area contributed by atoms with Crippen molar-refractivity contribution in [3.63, 3.8) is 0 Å². The van der Waals surface area contributed by atoms with Gasteiger partial charge in [0.15, 0.2) is 0 Å². The maximum absolute atomic E-state index is 7.50. The largest absolute Gasteiger partial charge is 0.103 e. The molecule has 0 amide bonds. The van der Waals surface area contributed by atoms with Crippen LogP contribution in [0.3, 0.4) is 0 Å². The molecule has 2 nitrogen and oxygen atoms in total. The quantitative estimate of drug-likeness (QED) is 0.317. The Morgan fingerprint density at radius 2 is 1.12 bits per heavy atom. The number of allylic oxidation sites excluding steroid dienone is 1. The summed E-state index contributed by atoms with van der Waals surface area (Å²) in [5, 5.41) is 0. The molecule has 46 valence electrons. The van der Waals surface area contributed by atoms with Gasteiger partial charge in [0.1, 0.15) is 0 Å². The first-order valence-corrected chi connectivity index (χ1v) is 1.22. The second-order valence-electron chi connectivity index (χ2n) is 0.289. The molecular formula is C5H5O2Rh. The number of hydrogen-bond donors (Lipinski definition) is 0. The van der Waals surface area contributed by atoms with Gasteiger partial charge in [-0.05, 0) is 6.92 Å². The van der Waals surface area contributed by atoms with Gasteiger partial charge in [-0.15, -0.1) is 6.58 Å². The minimum absolute atomic E-state index is 0. The Bertz CT molecular complexity index is 49.9. The molecule has 0 fully saturated rings. The first-order chi connectivity index (χ1) is 3.41. The third kappa shape index (κ3) is 5590. The van der Waals surface area contributed by atoms with E-state index in [4.69, 9.17) is 9.30 Å². The molecule has 0 aliphatic carbocycles. The topological polar surface area (TPSA) is 39.8 Å². The Morgan fingerprint density at radius 3 is 1.12 bits per heavy atom. The number of rotatable bonds is 0.